The first-order chi connectivity index (χ1) is 30.3. The maximum atomic E-state index is 6.42. The van der Waals surface area contributed by atoms with E-state index >= 15 is 0 Å². The lowest BCUT2D eigenvalue weighted by molar-refractivity contribution is 0.669. The summed E-state index contributed by atoms with van der Waals surface area (Å²) in [4.78, 5) is 2.43. The summed E-state index contributed by atoms with van der Waals surface area (Å²) in [6, 6.07) is 83.0. The highest BCUT2D eigenvalue weighted by molar-refractivity contribution is 6.14. The first-order valence-electron chi connectivity index (χ1n) is 20.8. The normalized spacial score (nSPS) is 11.6. The van der Waals surface area contributed by atoms with Crippen LogP contribution in [-0.4, -0.2) is 4.57 Å². The van der Waals surface area contributed by atoms with Crippen LogP contribution in [0.1, 0.15) is 0 Å². The fraction of sp³-hybridized carbons (Fsp3) is 0. The van der Waals surface area contributed by atoms with Crippen LogP contribution in [0.5, 0.6) is 0 Å². The molecule has 0 unspecified atom stereocenters. The molecule has 0 aliphatic rings. The summed E-state index contributed by atoms with van der Waals surface area (Å²) < 4.78 is 8.83. The van der Waals surface area contributed by atoms with Crippen molar-refractivity contribution in [2.75, 3.05) is 4.90 Å². The maximum absolute atomic E-state index is 6.42. The van der Waals surface area contributed by atoms with Gasteiger partial charge in [0.1, 0.15) is 11.2 Å². The van der Waals surface area contributed by atoms with Crippen molar-refractivity contribution in [3.8, 4) is 39.1 Å². The Labute approximate surface area is 353 Å². The van der Waals surface area contributed by atoms with Crippen molar-refractivity contribution in [2.24, 2.45) is 0 Å². The van der Waals surface area contributed by atoms with Crippen molar-refractivity contribution in [2.45, 2.75) is 0 Å². The summed E-state index contributed by atoms with van der Waals surface area (Å²) in [6.45, 7) is 0. The quantitative estimate of drug-likeness (QED) is 0.161. The van der Waals surface area contributed by atoms with Gasteiger partial charge in [0.25, 0.3) is 0 Å². The molecule has 0 radical (unpaired) electrons. The van der Waals surface area contributed by atoms with Crippen LogP contribution in [0.15, 0.2) is 235 Å². The molecule has 0 aliphatic heterocycles. The number of para-hydroxylation sites is 6. The van der Waals surface area contributed by atoms with Gasteiger partial charge in [-0.2, -0.15) is 0 Å². The third-order valence-electron chi connectivity index (χ3n) is 12.2. The van der Waals surface area contributed by atoms with Crippen molar-refractivity contribution in [3.05, 3.63) is 231 Å². The van der Waals surface area contributed by atoms with Crippen LogP contribution in [0.2, 0.25) is 0 Å². The number of aromatic nitrogens is 1. The van der Waals surface area contributed by atoms with E-state index in [-0.39, 0.29) is 0 Å². The monoisotopic (exact) mass is 778 g/mol. The average Bonchev–Trinajstić information content (AvgIpc) is 3.88. The summed E-state index contributed by atoms with van der Waals surface area (Å²) in [5.41, 5.74) is 15.4. The molecule has 3 nitrogen and oxygen atoms in total. The Morgan fingerprint density at radius 3 is 1.66 bits per heavy atom. The Morgan fingerprint density at radius 2 is 0.885 bits per heavy atom. The predicted molar refractivity (Wildman–Crippen MR) is 257 cm³/mol. The van der Waals surface area contributed by atoms with Crippen LogP contribution in [0.3, 0.4) is 0 Å². The second kappa shape index (κ2) is 14.3. The van der Waals surface area contributed by atoms with E-state index < -0.39 is 0 Å². The molecule has 10 aromatic carbocycles. The molecule has 0 atom stereocenters. The minimum absolute atomic E-state index is 0.878. The second-order valence-electron chi connectivity index (χ2n) is 15.6. The second-order valence-corrected chi connectivity index (χ2v) is 15.6. The molecule has 286 valence electrons. The molecule has 0 spiro atoms. The Bertz CT molecular complexity index is 3560. The maximum Gasteiger partial charge on any atom is 0.136 e. The third kappa shape index (κ3) is 5.74. The highest BCUT2D eigenvalue weighted by Crippen LogP contribution is 2.48. The lowest BCUT2D eigenvalue weighted by atomic mass is 9.95. The molecule has 0 fully saturated rings. The Kier molecular flexibility index (Phi) is 8.17. The van der Waals surface area contributed by atoms with Crippen molar-refractivity contribution in [1.82, 2.24) is 4.57 Å². The Morgan fingerprint density at radius 1 is 0.344 bits per heavy atom. The zero-order chi connectivity index (χ0) is 40.3. The number of benzene rings is 10. The number of anilines is 3. The molecule has 61 heavy (non-hydrogen) atoms. The van der Waals surface area contributed by atoms with Crippen molar-refractivity contribution in [1.29, 1.82) is 0 Å². The van der Waals surface area contributed by atoms with Gasteiger partial charge in [0.15, 0.2) is 0 Å². The molecule has 12 aromatic rings. The predicted octanol–water partition coefficient (Wildman–Crippen LogP) is 16.3. The summed E-state index contributed by atoms with van der Waals surface area (Å²) in [5.74, 6) is 0. The molecule has 0 amide bonds. The number of furan rings is 1. The number of hydrogen-bond donors (Lipinski definition) is 0. The van der Waals surface area contributed by atoms with Gasteiger partial charge in [-0.15, -0.1) is 0 Å². The van der Waals surface area contributed by atoms with Gasteiger partial charge in [0, 0.05) is 43.9 Å². The van der Waals surface area contributed by atoms with E-state index in [9.17, 15) is 0 Å². The number of nitrogens with zero attached hydrogens (tertiary/aromatic N) is 2. The molecule has 0 N–H and O–H groups in total. The highest BCUT2D eigenvalue weighted by atomic mass is 16.3. The van der Waals surface area contributed by atoms with Gasteiger partial charge in [-0.05, 0) is 88.1 Å². The lowest BCUT2D eigenvalue weighted by Gasteiger charge is -2.30. The smallest absolute Gasteiger partial charge is 0.136 e. The first kappa shape index (κ1) is 34.9. The number of fused-ring (bicyclic) bond motifs is 7. The minimum Gasteiger partial charge on any atom is -0.456 e. The third-order valence-corrected chi connectivity index (χ3v) is 12.2. The van der Waals surface area contributed by atoms with Gasteiger partial charge >= 0.3 is 0 Å². The van der Waals surface area contributed by atoms with Gasteiger partial charge in [-0.1, -0.05) is 170 Å². The molecule has 2 heterocycles. The SMILES string of the molecule is c1ccc(N(c2ccc(-c3ccccc3-n3c4ccccc4c4ccccc43)cc2)c2ccccc2-c2cccc3oc4ccccc4c23)c(-c2ccc3ccccc3c2)c1. The van der Waals surface area contributed by atoms with Gasteiger partial charge in [0.05, 0.1) is 28.1 Å². The Hall–Kier alpha value is -8.14. The van der Waals surface area contributed by atoms with Gasteiger partial charge in [-0.3, -0.25) is 0 Å². The molecule has 0 saturated heterocycles. The van der Waals surface area contributed by atoms with E-state index in [4.69, 9.17) is 4.42 Å². The van der Waals surface area contributed by atoms with E-state index in [0.29, 0.717) is 0 Å². The molecular weight excluding hydrogens is 741 g/mol. The zero-order valence-corrected chi connectivity index (χ0v) is 33.2. The largest absolute Gasteiger partial charge is 0.456 e. The van der Waals surface area contributed by atoms with E-state index in [1.165, 1.54) is 38.1 Å². The van der Waals surface area contributed by atoms with Crippen LogP contribution in [0.4, 0.5) is 17.1 Å². The summed E-state index contributed by atoms with van der Waals surface area (Å²) in [5, 5.41) is 7.17. The van der Waals surface area contributed by atoms with Crippen LogP contribution < -0.4 is 4.90 Å². The lowest BCUT2D eigenvalue weighted by Crippen LogP contribution is -2.12. The Balaban J connectivity index is 1.06. The molecule has 0 aliphatic carbocycles. The fourth-order valence-electron chi connectivity index (χ4n) is 9.46. The highest BCUT2D eigenvalue weighted by Gasteiger charge is 2.23. The molecule has 3 heteroatoms. The molecule has 2 aromatic heterocycles. The zero-order valence-electron chi connectivity index (χ0n) is 33.2. The molecule has 12 rings (SSSR count). The minimum atomic E-state index is 0.878. The van der Waals surface area contributed by atoms with Crippen LogP contribution in [-0.2, 0) is 0 Å². The van der Waals surface area contributed by atoms with E-state index in [0.717, 1.165) is 72.5 Å². The number of hydrogen-bond acceptors (Lipinski definition) is 2. The van der Waals surface area contributed by atoms with Crippen LogP contribution >= 0.6 is 0 Å². The van der Waals surface area contributed by atoms with E-state index in [1.54, 1.807) is 0 Å². The van der Waals surface area contributed by atoms with Crippen molar-refractivity contribution >= 4 is 71.6 Å². The topological polar surface area (TPSA) is 21.3 Å². The molecular formula is C58H38N2O. The van der Waals surface area contributed by atoms with Crippen molar-refractivity contribution in [3.63, 3.8) is 0 Å². The summed E-state index contributed by atoms with van der Waals surface area (Å²) >= 11 is 0. The summed E-state index contributed by atoms with van der Waals surface area (Å²) in [6.07, 6.45) is 0. The van der Waals surface area contributed by atoms with Gasteiger partial charge in [0.2, 0.25) is 0 Å². The average molecular weight is 779 g/mol. The molecule has 0 saturated carbocycles. The van der Waals surface area contributed by atoms with Gasteiger partial charge < -0.3 is 13.9 Å². The summed E-state index contributed by atoms with van der Waals surface area (Å²) in [7, 11) is 0. The van der Waals surface area contributed by atoms with E-state index in [2.05, 4.69) is 234 Å². The number of rotatable bonds is 7. The fourth-order valence-corrected chi connectivity index (χ4v) is 9.46. The van der Waals surface area contributed by atoms with E-state index in [1.807, 2.05) is 6.07 Å². The van der Waals surface area contributed by atoms with Gasteiger partial charge in [-0.25, -0.2) is 0 Å². The molecule has 0 bridgehead atoms. The van der Waals surface area contributed by atoms with Crippen LogP contribution in [0, 0.1) is 0 Å². The first-order valence-corrected chi connectivity index (χ1v) is 20.8. The van der Waals surface area contributed by atoms with Crippen LogP contribution in [0.25, 0.3) is 93.6 Å². The standard InChI is InChI=1S/C58H38N2O/c1-2-17-41-38-42(33-32-39(41)16-1)45-19-4-9-25-51(45)59(53-27-11-7-22-48(53)49-24-15-31-57-58(49)50-23-8-14-30-56(50)61-57)43-36-34-40(35-37-43)44-18-3-10-26-52(44)60-54-28-12-5-20-46(54)47-21-6-13-29-55(47)60/h1-38H. The van der Waals surface area contributed by atoms with Crippen molar-refractivity contribution < 1.29 is 4.42 Å².